The van der Waals surface area contributed by atoms with E-state index < -0.39 is 0 Å². The minimum Gasteiger partial charge on any atom is -0.345 e. The zero-order valence-electron chi connectivity index (χ0n) is 14.1. The lowest BCUT2D eigenvalue weighted by Crippen LogP contribution is -2.52. The van der Waals surface area contributed by atoms with Gasteiger partial charge in [0.25, 0.3) is 5.91 Å². The van der Waals surface area contributed by atoms with Crippen molar-refractivity contribution in [1.29, 1.82) is 0 Å². The molecule has 2 aliphatic rings. The first-order valence-corrected chi connectivity index (χ1v) is 8.88. The summed E-state index contributed by atoms with van der Waals surface area (Å²) in [6, 6.07) is 5.52. The number of carbonyl (C=O) groups excluding carboxylic acids is 2. The maximum Gasteiger partial charge on any atom is 0.254 e. The van der Waals surface area contributed by atoms with Gasteiger partial charge in [-0.2, -0.15) is 0 Å². The summed E-state index contributed by atoms with van der Waals surface area (Å²) in [6.07, 6.45) is 8.67. The number of benzene rings is 1. The highest BCUT2D eigenvalue weighted by atomic mass is 16.2. The van der Waals surface area contributed by atoms with Crippen LogP contribution in [0.4, 0.5) is 0 Å². The number of H-pyrrole nitrogens is 1. The van der Waals surface area contributed by atoms with Crippen LogP contribution in [0.1, 0.15) is 29.6 Å². The fourth-order valence-corrected chi connectivity index (χ4v) is 3.66. The second-order valence-electron chi connectivity index (χ2n) is 6.73. The number of nitrogens with one attached hydrogen (secondary N) is 1. The van der Waals surface area contributed by atoms with Crippen molar-refractivity contribution >= 4 is 22.8 Å². The van der Waals surface area contributed by atoms with E-state index in [1.165, 1.54) is 0 Å². The number of hydrogen-bond acceptors (Lipinski definition) is 3. The Morgan fingerprint density at radius 2 is 1.88 bits per heavy atom. The van der Waals surface area contributed by atoms with Gasteiger partial charge < -0.3 is 14.8 Å². The summed E-state index contributed by atoms with van der Waals surface area (Å²) in [5, 5.41) is 0. The van der Waals surface area contributed by atoms with Gasteiger partial charge in [0.1, 0.15) is 0 Å². The van der Waals surface area contributed by atoms with Gasteiger partial charge in [-0.25, -0.2) is 4.98 Å². The largest absolute Gasteiger partial charge is 0.345 e. The molecule has 6 nitrogen and oxygen atoms in total. The fourth-order valence-electron chi connectivity index (χ4n) is 3.66. The minimum atomic E-state index is 0.0178. The number of aromatic nitrogens is 2. The number of aromatic amines is 1. The Kier molecular flexibility index (Phi) is 4.26. The van der Waals surface area contributed by atoms with E-state index in [0.717, 1.165) is 30.3 Å². The summed E-state index contributed by atoms with van der Waals surface area (Å²) in [7, 11) is 0. The molecule has 0 saturated carbocycles. The van der Waals surface area contributed by atoms with Crippen molar-refractivity contribution in [3.8, 4) is 0 Å². The Morgan fingerprint density at radius 1 is 1.08 bits per heavy atom. The van der Waals surface area contributed by atoms with Crippen molar-refractivity contribution in [1.82, 2.24) is 19.8 Å². The van der Waals surface area contributed by atoms with Crippen molar-refractivity contribution in [3.63, 3.8) is 0 Å². The van der Waals surface area contributed by atoms with Crippen molar-refractivity contribution in [2.75, 3.05) is 26.2 Å². The van der Waals surface area contributed by atoms with Crippen molar-refractivity contribution in [3.05, 3.63) is 42.2 Å². The first-order chi connectivity index (χ1) is 12.2. The quantitative estimate of drug-likeness (QED) is 0.854. The normalized spacial score (nSPS) is 20.9. The van der Waals surface area contributed by atoms with Crippen LogP contribution in [-0.2, 0) is 4.79 Å². The summed E-state index contributed by atoms with van der Waals surface area (Å²) in [5.74, 6) is 0.384. The standard InChI is InChI=1S/C19H22N4O2/c24-18(14-4-2-1-3-5-14)22-8-10-23(11-9-22)19(25)15-6-7-16-17(12-15)21-13-20-16/h1-2,6-7,12-14H,3-5,8-11H2,(H,20,21). The molecule has 1 aromatic carbocycles. The number of nitrogens with zero attached hydrogens (tertiary/aromatic N) is 3. The molecule has 2 amide bonds. The summed E-state index contributed by atoms with van der Waals surface area (Å²) >= 11 is 0. The molecule has 1 aliphatic heterocycles. The number of allylic oxidation sites excluding steroid dienone is 2. The van der Waals surface area contributed by atoms with Crippen LogP contribution in [0, 0.1) is 5.92 Å². The van der Waals surface area contributed by atoms with E-state index in [-0.39, 0.29) is 17.7 Å². The Morgan fingerprint density at radius 3 is 2.64 bits per heavy atom. The van der Waals surface area contributed by atoms with E-state index >= 15 is 0 Å². The highest BCUT2D eigenvalue weighted by molar-refractivity contribution is 5.97. The maximum absolute atomic E-state index is 12.7. The molecule has 1 fully saturated rings. The van der Waals surface area contributed by atoms with Gasteiger partial charge >= 0.3 is 0 Å². The molecular weight excluding hydrogens is 316 g/mol. The summed E-state index contributed by atoms with van der Waals surface area (Å²) in [6.45, 7) is 2.43. The van der Waals surface area contributed by atoms with E-state index in [4.69, 9.17) is 0 Å². The van der Waals surface area contributed by atoms with Gasteiger partial charge in [0.15, 0.2) is 0 Å². The smallest absolute Gasteiger partial charge is 0.254 e. The van der Waals surface area contributed by atoms with Gasteiger partial charge in [0.05, 0.1) is 17.4 Å². The number of amides is 2. The molecule has 2 aromatic rings. The second-order valence-corrected chi connectivity index (χ2v) is 6.73. The van der Waals surface area contributed by atoms with Gasteiger partial charge in [-0.1, -0.05) is 12.2 Å². The molecule has 0 spiro atoms. The first-order valence-electron chi connectivity index (χ1n) is 8.88. The van der Waals surface area contributed by atoms with Crippen molar-refractivity contribution in [2.24, 2.45) is 5.92 Å². The molecule has 1 aromatic heterocycles. The lowest BCUT2D eigenvalue weighted by Gasteiger charge is -2.36. The van der Waals surface area contributed by atoms with Gasteiger partial charge in [0.2, 0.25) is 5.91 Å². The SMILES string of the molecule is O=C(c1ccc2nc[nH]c2c1)N1CCN(C(=O)C2CC=CCC2)CC1. The minimum absolute atomic E-state index is 0.0178. The van der Waals surface area contributed by atoms with Crippen LogP contribution in [0.3, 0.4) is 0 Å². The molecule has 25 heavy (non-hydrogen) atoms. The lowest BCUT2D eigenvalue weighted by molar-refractivity contribution is -0.137. The number of carbonyl (C=O) groups is 2. The van der Waals surface area contributed by atoms with Crippen molar-refractivity contribution < 1.29 is 9.59 Å². The summed E-state index contributed by atoms with van der Waals surface area (Å²) in [4.78, 5) is 36.3. The number of hydrogen-bond donors (Lipinski definition) is 1. The molecule has 1 aliphatic carbocycles. The summed E-state index contributed by atoms with van der Waals surface area (Å²) in [5.41, 5.74) is 2.38. The molecule has 2 heterocycles. The van der Waals surface area contributed by atoms with Crippen LogP contribution in [0.15, 0.2) is 36.7 Å². The van der Waals surface area contributed by atoms with Crippen LogP contribution >= 0.6 is 0 Å². The second kappa shape index (κ2) is 6.70. The average molecular weight is 338 g/mol. The third-order valence-electron chi connectivity index (χ3n) is 5.16. The Balaban J connectivity index is 1.38. The molecule has 1 saturated heterocycles. The van der Waals surface area contributed by atoms with Crippen LogP contribution in [-0.4, -0.2) is 57.8 Å². The topological polar surface area (TPSA) is 69.3 Å². The number of piperazine rings is 1. The van der Waals surface area contributed by atoms with Crippen molar-refractivity contribution in [2.45, 2.75) is 19.3 Å². The third kappa shape index (κ3) is 3.16. The molecule has 1 unspecified atom stereocenters. The van der Waals surface area contributed by atoms with E-state index in [1.807, 2.05) is 28.0 Å². The third-order valence-corrected chi connectivity index (χ3v) is 5.16. The Bertz CT molecular complexity index is 818. The fraction of sp³-hybridized carbons (Fsp3) is 0.421. The zero-order valence-corrected chi connectivity index (χ0v) is 14.1. The molecule has 130 valence electrons. The molecule has 6 heteroatoms. The number of fused-ring (bicyclic) bond motifs is 1. The van der Waals surface area contributed by atoms with E-state index in [0.29, 0.717) is 31.7 Å². The molecule has 1 N–H and O–H groups in total. The number of rotatable bonds is 2. The predicted molar refractivity (Wildman–Crippen MR) is 95.1 cm³/mol. The Labute approximate surface area is 146 Å². The highest BCUT2D eigenvalue weighted by Crippen LogP contribution is 2.22. The van der Waals surface area contributed by atoms with E-state index in [2.05, 4.69) is 22.1 Å². The van der Waals surface area contributed by atoms with E-state index in [9.17, 15) is 9.59 Å². The zero-order chi connectivity index (χ0) is 17.2. The first kappa shape index (κ1) is 15.9. The van der Waals surface area contributed by atoms with Gasteiger partial charge in [-0.15, -0.1) is 0 Å². The average Bonchev–Trinajstić information content (AvgIpc) is 3.15. The molecule has 0 bridgehead atoms. The maximum atomic E-state index is 12.7. The van der Waals surface area contributed by atoms with Crippen LogP contribution in [0.5, 0.6) is 0 Å². The monoisotopic (exact) mass is 338 g/mol. The van der Waals surface area contributed by atoms with Gasteiger partial charge in [-0.05, 0) is 37.5 Å². The molecule has 4 rings (SSSR count). The highest BCUT2D eigenvalue weighted by Gasteiger charge is 2.29. The van der Waals surface area contributed by atoms with Gasteiger partial charge in [0, 0.05) is 37.7 Å². The lowest BCUT2D eigenvalue weighted by atomic mass is 9.93. The predicted octanol–water partition coefficient (Wildman–Crippen LogP) is 2.20. The molecule has 1 atom stereocenters. The molecular formula is C19H22N4O2. The molecule has 0 radical (unpaired) electrons. The number of imidazole rings is 1. The van der Waals surface area contributed by atoms with Gasteiger partial charge in [-0.3, -0.25) is 9.59 Å². The Hall–Kier alpha value is -2.63. The van der Waals surface area contributed by atoms with Crippen LogP contribution < -0.4 is 0 Å². The van der Waals surface area contributed by atoms with E-state index in [1.54, 1.807) is 6.33 Å². The summed E-state index contributed by atoms with van der Waals surface area (Å²) < 4.78 is 0. The van der Waals surface area contributed by atoms with Crippen LogP contribution in [0.2, 0.25) is 0 Å². The van der Waals surface area contributed by atoms with Crippen LogP contribution in [0.25, 0.3) is 11.0 Å².